The topological polar surface area (TPSA) is 105 Å². The van der Waals surface area contributed by atoms with Gasteiger partial charge in [0.1, 0.15) is 12.1 Å². The quantitative estimate of drug-likeness (QED) is 0.522. The third-order valence-electron chi connectivity index (χ3n) is 5.66. The van der Waals surface area contributed by atoms with Crippen molar-refractivity contribution in [3.63, 3.8) is 0 Å². The number of benzene rings is 1. The lowest BCUT2D eigenvalue weighted by Gasteiger charge is -2.36. The Bertz CT molecular complexity index is 893. The van der Waals surface area contributed by atoms with Gasteiger partial charge in [-0.05, 0) is 43.9 Å². The molecule has 1 saturated carbocycles. The van der Waals surface area contributed by atoms with Gasteiger partial charge in [0, 0.05) is 5.02 Å². The fraction of sp³-hybridized carbons (Fsp3) is 0.500. The second-order valence-electron chi connectivity index (χ2n) is 7.69. The van der Waals surface area contributed by atoms with E-state index in [0.717, 1.165) is 24.2 Å². The zero-order valence-electron chi connectivity index (χ0n) is 16.7. The zero-order chi connectivity index (χ0) is 22.1. The van der Waals surface area contributed by atoms with Crippen LogP contribution in [0.1, 0.15) is 39.5 Å². The summed E-state index contributed by atoms with van der Waals surface area (Å²) in [4.78, 5) is 50.7. The van der Waals surface area contributed by atoms with Crippen molar-refractivity contribution in [3.05, 3.63) is 28.2 Å². The van der Waals surface area contributed by atoms with Crippen LogP contribution in [0, 0.1) is 5.92 Å². The minimum absolute atomic E-state index is 0.0162. The van der Waals surface area contributed by atoms with E-state index in [2.05, 4.69) is 10.6 Å². The Balaban J connectivity index is 1.58. The summed E-state index contributed by atoms with van der Waals surface area (Å²) in [5.41, 5.74) is -0.638. The van der Waals surface area contributed by atoms with Crippen molar-refractivity contribution in [1.29, 1.82) is 0 Å². The summed E-state index contributed by atoms with van der Waals surface area (Å²) >= 11 is 11.8. The van der Waals surface area contributed by atoms with E-state index >= 15 is 0 Å². The average molecular weight is 456 g/mol. The number of hydrogen-bond acceptors (Lipinski definition) is 5. The monoisotopic (exact) mass is 455 g/mol. The van der Waals surface area contributed by atoms with Crippen molar-refractivity contribution < 1.29 is 23.9 Å². The first-order chi connectivity index (χ1) is 14.1. The highest BCUT2D eigenvalue weighted by atomic mass is 35.5. The predicted octanol–water partition coefficient (Wildman–Crippen LogP) is 3.36. The number of halogens is 2. The summed E-state index contributed by atoms with van der Waals surface area (Å²) in [7, 11) is 0. The number of carbonyl (C=O) groups is 4. The van der Waals surface area contributed by atoms with E-state index < -0.39 is 42.0 Å². The molecule has 1 aromatic carbocycles. The summed E-state index contributed by atoms with van der Waals surface area (Å²) in [6, 6.07) is 3.93. The number of urea groups is 1. The van der Waals surface area contributed by atoms with Crippen molar-refractivity contribution in [2.75, 3.05) is 11.9 Å². The molecule has 0 bridgehead atoms. The molecule has 1 aliphatic carbocycles. The smallest absolute Gasteiger partial charge is 0.327 e. The second-order valence-corrected chi connectivity index (χ2v) is 8.53. The fourth-order valence-electron chi connectivity index (χ4n) is 3.88. The van der Waals surface area contributed by atoms with Crippen molar-refractivity contribution >= 4 is 52.7 Å². The number of hydrogen-bond donors (Lipinski definition) is 2. The Kier molecular flexibility index (Phi) is 6.57. The van der Waals surface area contributed by atoms with Crippen LogP contribution < -0.4 is 10.6 Å². The van der Waals surface area contributed by atoms with Gasteiger partial charge in [-0.15, -0.1) is 0 Å². The van der Waals surface area contributed by atoms with Crippen LogP contribution in [0.3, 0.4) is 0 Å². The van der Waals surface area contributed by atoms with Gasteiger partial charge < -0.3 is 15.4 Å². The lowest BCUT2D eigenvalue weighted by Crippen LogP contribution is -2.54. The number of rotatable bonds is 5. The van der Waals surface area contributed by atoms with E-state index in [9.17, 15) is 19.2 Å². The van der Waals surface area contributed by atoms with E-state index in [1.165, 1.54) is 19.1 Å². The molecular weight excluding hydrogens is 433 g/mol. The van der Waals surface area contributed by atoms with Gasteiger partial charge in [-0.25, -0.2) is 4.79 Å². The molecule has 1 aromatic rings. The molecule has 1 heterocycles. The molecule has 0 radical (unpaired) electrons. The highest BCUT2D eigenvalue weighted by molar-refractivity contribution is 6.36. The zero-order valence-corrected chi connectivity index (χ0v) is 18.2. The lowest BCUT2D eigenvalue weighted by atomic mass is 9.73. The molecule has 2 aliphatic rings. The highest BCUT2D eigenvalue weighted by Gasteiger charge is 2.55. The Hall–Kier alpha value is -2.32. The van der Waals surface area contributed by atoms with Crippen LogP contribution in [0.25, 0.3) is 0 Å². The summed E-state index contributed by atoms with van der Waals surface area (Å²) in [6.07, 6.45) is 2.05. The van der Waals surface area contributed by atoms with Gasteiger partial charge in [0.2, 0.25) is 0 Å². The number of esters is 1. The van der Waals surface area contributed by atoms with E-state index in [1.54, 1.807) is 6.07 Å². The van der Waals surface area contributed by atoms with Gasteiger partial charge >= 0.3 is 12.0 Å². The van der Waals surface area contributed by atoms with Crippen molar-refractivity contribution in [3.8, 4) is 0 Å². The van der Waals surface area contributed by atoms with Crippen LogP contribution in [0.2, 0.25) is 10.0 Å². The second kappa shape index (κ2) is 8.81. The molecular formula is C20H23Cl2N3O5. The molecule has 4 amide bonds. The maximum atomic E-state index is 12.9. The van der Waals surface area contributed by atoms with Gasteiger partial charge in [0.15, 0.2) is 6.10 Å². The van der Waals surface area contributed by atoms with Gasteiger partial charge in [0.25, 0.3) is 11.8 Å². The molecule has 162 valence electrons. The third-order valence-corrected chi connectivity index (χ3v) is 6.20. The number of imide groups is 1. The van der Waals surface area contributed by atoms with Crippen LogP contribution in [0.4, 0.5) is 10.5 Å². The summed E-state index contributed by atoms with van der Waals surface area (Å²) in [6.45, 7) is 2.75. The van der Waals surface area contributed by atoms with Crippen LogP contribution in [-0.2, 0) is 19.1 Å². The molecule has 0 aromatic heterocycles. The predicted molar refractivity (Wildman–Crippen MR) is 111 cm³/mol. The number of amides is 4. The largest absolute Gasteiger partial charge is 0.451 e. The molecule has 3 atom stereocenters. The number of nitrogens with zero attached hydrogens (tertiary/aromatic N) is 1. The SMILES string of the molecule is C[C@H](OC(=O)CN1C(=O)N[C@]2(CCCC[C@@H]2C)C1=O)C(=O)Nc1ccc(Cl)cc1Cl. The molecule has 1 aliphatic heterocycles. The number of carbonyl (C=O) groups excluding carboxylic acids is 4. The average Bonchev–Trinajstić information content (AvgIpc) is 2.91. The molecule has 2 fully saturated rings. The van der Waals surface area contributed by atoms with Gasteiger partial charge in [-0.3, -0.25) is 19.3 Å². The van der Waals surface area contributed by atoms with Crippen molar-refractivity contribution in [1.82, 2.24) is 10.2 Å². The molecule has 3 rings (SSSR count). The molecule has 10 heteroatoms. The molecule has 0 unspecified atom stereocenters. The summed E-state index contributed by atoms with van der Waals surface area (Å²) < 4.78 is 5.12. The molecule has 8 nitrogen and oxygen atoms in total. The first-order valence-corrected chi connectivity index (χ1v) is 10.5. The van der Waals surface area contributed by atoms with Gasteiger partial charge in [0.05, 0.1) is 10.7 Å². The van der Waals surface area contributed by atoms with E-state index in [1.807, 2.05) is 6.92 Å². The van der Waals surface area contributed by atoms with E-state index in [0.29, 0.717) is 17.1 Å². The Morgan fingerprint density at radius 1 is 1.33 bits per heavy atom. The first-order valence-electron chi connectivity index (χ1n) is 9.73. The third kappa shape index (κ3) is 4.39. The van der Waals surface area contributed by atoms with Gasteiger partial charge in [-0.1, -0.05) is 43.0 Å². The molecule has 1 spiro atoms. The van der Waals surface area contributed by atoms with Crippen LogP contribution in [0.15, 0.2) is 18.2 Å². The number of anilines is 1. The first kappa shape index (κ1) is 22.4. The fourth-order valence-corrected chi connectivity index (χ4v) is 4.34. The minimum atomic E-state index is -1.16. The van der Waals surface area contributed by atoms with Gasteiger partial charge in [-0.2, -0.15) is 0 Å². The van der Waals surface area contributed by atoms with Crippen LogP contribution >= 0.6 is 23.2 Å². The van der Waals surface area contributed by atoms with Crippen molar-refractivity contribution in [2.45, 2.75) is 51.2 Å². The van der Waals surface area contributed by atoms with E-state index in [-0.39, 0.29) is 10.9 Å². The van der Waals surface area contributed by atoms with Crippen molar-refractivity contribution in [2.24, 2.45) is 5.92 Å². The van der Waals surface area contributed by atoms with Crippen LogP contribution in [0.5, 0.6) is 0 Å². The standard InChI is InChI=1S/C20H23Cl2N3O5/c1-11-5-3-4-8-20(11)18(28)25(19(29)24-20)10-16(26)30-12(2)17(27)23-15-7-6-13(21)9-14(15)22/h6-7,9,11-12H,3-5,8,10H2,1-2H3,(H,23,27)(H,24,29)/t11-,12-,20-/m0/s1. The number of ether oxygens (including phenoxy) is 1. The molecule has 30 heavy (non-hydrogen) atoms. The Morgan fingerprint density at radius 3 is 2.73 bits per heavy atom. The normalized spacial score (nSPS) is 24.5. The van der Waals surface area contributed by atoms with Crippen LogP contribution in [-0.4, -0.2) is 46.9 Å². The highest BCUT2D eigenvalue weighted by Crippen LogP contribution is 2.38. The molecule has 1 saturated heterocycles. The maximum absolute atomic E-state index is 12.9. The Morgan fingerprint density at radius 2 is 2.07 bits per heavy atom. The summed E-state index contributed by atoms with van der Waals surface area (Å²) in [5, 5.41) is 5.96. The summed E-state index contributed by atoms with van der Waals surface area (Å²) in [5.74, 6) is -1.90. The lowest BCUT2D eigenvalue weighted by molar-refractivity contribution is -0.155. The number of nitrogens with one attached hydrogen (secondary N) is 2. The minimum Gasteiger partial charge on any atom is -0.451 e. The maximum Gasteiger partial charge on any atom is 0.327 e. The molecule has 2 N–H and O–H groups in total. The van der Waals surface area contributed by atoms with E-state index in [4.69, 9.17) is 27.9 Å². The Labute approximate surface area is 184 Å².